The SMILES string of the molecule is Cc1cccc(NC(=O)CN2C(=O)N[C@@](C)(Cc3ccc4c(c3)OCO4)C2=O)c1. The molecule has 0 bridgehead atoms. The van der Waals surface area contributed by atoms with Crippen molar-refractivity contribution in [1.29, 1.82) is 0 Å². The van der Waals surface area contributed by atoms with E-state index in [0.717, 1.165) is 16.0 Å². The van der Waals surface area contributed by atoms with Gasteiger partial charge < -0.3 is 20.1 Å². The van der Waals surface area contributed by atoms with Gasteiger partial charge in [-0.15, -0.1) is 0 Å². The van der Waals surface area contributed by atoms with Gasteiger partial charge in [-0.25, -0.2) is 4.79 Å². The van der Waals surface area contributed by atoms with Crippen LogP contribution in [-0.4, -0.2) is 41.6 Å². The first-order chi connectivity index (χ1) is 13.8. The first-order valence-electron chi connectivity index (χ1n) is 9.23. The molecule has 0 unspecified atom stereocenters. The maximum Gasteiger partial charge on any atom is 0.325 e. The van der Waals surface area contributed by atoms with E-state index in [-0.39, 0.29) is 19.8 Å². The Bertz CT molecular complexity index is 1010. The highest BCUT2D eigenvalue weighted by Gasteiger charge is 2.48. The van der Waals surface area contributed by atoms with E-state index in [9.17, 15) is 14.4 Å². The third-order valence-corrected chi connectivity index (χ3v) is 4.94. The zero-order valence-corrected chi connectivity index (χ0v) is 16.2. The van der Waals surface area contributed by atoms with Crippen LogP contribution >= 0.6 is 0 Å². The summed E-state index contributed by atoms with van der Waals surface area (Å²) in [6.45, 7) is 3.37. The predicted octanol–water partition coefficient (Wildman–Crippen LogP) is 2.22. The molecule has 2 aromatic carbocycles. The van der Waals surface area contributed by atoms with Crippen LogP contribution in [0.3, 0.4) is 0 Å². The maximum atomic E-state index is 12.9. The fraction of sp³-hybridized carbons (Fsp3) is 0.286. The highest BCUT2D eigenvalue weighted by Crippen LogP contribution is 2.34. The molecule has 0 saturated carbocycles. The molecule has 8 nitrogen and oxygen atoms in total. The lowest BCUT2D eigenvalue weighted by atomic mass is 9.92. The lowest BCUT2D eigenvalue weighted by Crippen LogP contribution is -2.46. The molecule has 4 rings (SSSR count). The highest BCUT2D eigenvalue weighted by molar-refractivity contribution is 6.10. The molecule has 2 aliphatic rings. The number of imide groups is 1. The molecule has 8 heteroatoms. The van der Waals surface area contributed by atoms with Gasteiger partial charge >= 0.3 is 6.03 Å². The van der Waals surface area contributed by atoms with Crippen molar-refractivity contribution in [3.8, 4) is 11.5 Å². The number of carbonyl (C=O) groups is 3. The van der Waals surface area contributed by atoms with Gasteiger partial charge in [-0.2, -0.15) is 0 Å². The number of nitrogens with zero attached hydrogens (tertiary/aromatic N) is 1. The number of rotatable bonds is 5. The minimum absolute atomic E-state index is 0.162. The van der Waals surface area contributed by atoms with Crippen LogP contribution in [0.15, 0.2) is 42.5 Å². The molecular weight excluding hydrogens is 374 g/mol. The fourth-order valence-corrected chi connectivity index (χ4v) is 3.54. The van der Waals surface area contributed by atoms with Gasteiger partial charge in [-0.05, 0) is 49.2 Å². The van der Waals surface area contributed by atoms with Crippen molar-refractivity contribution in [3.05, 3.63) is 53.6 Å². The molecule has 1 saturated heterocycles. The zero-order chi connectivity index (χ0) is 20.6. The van der Waals surface area contributed by atoms with E-state index in [0.29, 0.717) is 17.2 Å². The summed E-state index contributed by atoms with van der Waals surface area (Å²) in [5.74, 6) is 0.374. The van der Waals surface area contributed by atoms with Gasteiger partial charge in [0.15, 0.2) is 11.5 Å². The Morgan fingerprint density at radius 1 is 1.17 bits per heavy atom. The quantitative estimate of drug-likeness (QED) is 0.757. The average molecular weight is 395 g/mol. The zero-order valence-electron chi connectivity index (χ0n) is 16.2. The number of benzene rings is 2. The summed E-state index contributed by atoms with van der Waals surface area (Å²) in [7, 11) is 0. The standard InChI is InChI=1S/C21H21N3O5/c1-13-4-3-5-15(8-13)22-18(25)11-24-19(26)21(2,23-20(24)27)10-14-6-7-16-17(9-14)29-12-28-16/h3-9H,10-12H2,1-2H3,(H,22,25)(H,23,27)/t21-/m0/s1. The summed E-state index contributed by atoms with van der Waals surface area (Å²) in [5.41, 5.74) is 1.28. The van der Waals surface area contributed by atoms with Crippen LogP contribution in [0.4, 0.5) is 10.5 Å². The smallest absolute Gasteiger partial charge is 0.325 e. The molecule has 29 heavy (non-hydrogen) atoms. The second-order valence-electron chi connectivity index (χ2n) is 7.44. The largest absolute Gasteiger partial charge is 0.454 e. The van der Waals surface area contributed by atoms with Gasteiger partial charge in [-0.3, -0.25) is 14.5 Å². The first kappa shape index (κ1) is 18.8. The Morgan fingerprint density at radius 2 is 1.97 bits per heavy atom. The van der Waals surface area contributed by atoms with E-state index >= 15 is 0 Å². The first-order valence-corrected chi connectivity index (χ1v) is 9.23. The minimum Gasteiger partial charge on any atom is -0.454 e. The highest BCUT2D eigenvalue weighted by atomic mass is 16.7. The van der Waals surface area contributed by atoms with Crippen LogP contribution in [0.1, 0.15) is 18.1 Å². The van der Waals surface area contributed by atoms with Crippen molar-refractivity contribution in [1.82, 2.24) is 10.2 Å². The number of carbonyl (C=O) groups excluding carboxylic acids is 3. The lowest BCUT2D eigenvalue weighted by Gasteiger charge is -2.22. The van der Waals surface area contributed by atoms with Gasteiger partial charge in [0.05, 0.1) is 0 Å². The fourth-order valence-electron chi connectivity index (χ4n) is 3.54. The molecule has 0 spiro atoms. The monoisotopic (exact) mass is 395 g/mol. The van der Waals surface area contributed by atoms with Crippen LogP contribution in [0.2, 0.25) is 0 Å². The second kappa shape index (κ2) is 7.12. The van der Waals surface area contributed by atoms with Gasteiger partial charge in [-0.1, -0.05) is 18.2 Å². The van der Waals surface area contributed by atoms with E-state index in [1.54, 1.807) is 25.1 Å². The molecule has 0 aromatic heterocycles. The maximum absolute atomic E-state index is 12.9. The molecule has 0 radical (unpaired) electrons. The lowest BCUT2D eigenvalue weighted by molar-refractivity contribution is -0.133. The van der Waals surface area contributed by atoms with Crippen LogP contribution in [0, 0.1) is 6.92 Å². The number of nitrogens with one attached hydrogen (secondary N) is 2. The molecular formula is C21H21N3O5. The van der Waals surface area contributed by atoms with Crippen molar-refractivity contribution in [2.45, 2.75) is 25.8 Å². The molecule has 0 aliphatic carbocycles. The normalized spacial score (nSPS) is 20.0. The van der Waals surface area contributed by atoms with Crippen LogP contribution in [-0.2, 0) is 16.0 Å². The van der Waals surface area contributed by atoms with Crippen molar-refractivity contribution in [2.75, 3.05) is 18.7 Å². The minimum atomic E-state index is -1.14. The summed E-state index contributed by atoms with van der Waals surface area (Å²) >= 11 is 0. The Balaban J connectivity index is 1.44. The van der Waals surface area contributed by atoms with Crippen molar-refractivity contribution >= 4 is 23.5 Å². The molecule has 2 heterocycles. The molecule has 1 atom stereocenters. The van der Waals surface area contributed by atoms with Crippen molar-refractivity contribution < 1.29 is 23.9 Å². The molecule has 2 aliphatic heterocycles. The third kappa shape index (κ3) is 3.73. The van der Waals surface area contributed by atoms with Crippen molar-refractivity contribution in [3.63, 3.8) is 0 Å². The molecule has 2 aromatic rings. The molecule has 1 fully saturated rings. The second-order valence-corrected chi connectivity index (χ2v) is 7.44. The number of amides is 4. The number of fused-ring (bicyclic) bond motifs is 1. The topological polar surface area (TPSA) is 97.0 Å². The summed E-state index contributed by atoms with van der Waals surface area (Å²) < 4.78 is 10.7. The van der Waals surface area contributed by atoms with Gasteiger partial charge in [0.2, 0.25) is 12.7 Å². The number of ether oxygens (including phenoxy) is 2. The summed E-state index contributed by atoms with van der Waals surface area (Å²) in [5, 5.41) is 5.42. The Kier molecular flexibility index (Phi) is 4.62. The number of anilines is 1. The number of hydrogen-bond acceptors (Lipinski definition) is 5. The van der Waals surface area contributed by atoms with Crippen molar-refractivity contribution in [2.24, 2.45) is 0 Å². The number of aryl methyl sites for hydroxylation is 1. The summed E-state index contributed by atoms with van der Waals surface area (Å²) in [6, 6.07) is 12.1. The van der Waals surface area contributed by atoms with Crippen LogP contribution in [0.25, 0.3) is 0 Å². The third-order valence-electron chi connectivity index (χ3n) is 4.94. The number of hydrogen-bond donors (Lipinski definition) is 2. The van der Waals surface area contributed by atoms with E-state index < -0.39 is 23.4 Å². The van der Waals surface area contributed by atoms with E-state index in [4.69, 9.17) is 9.47 Å². The van der Waals surface area contributed by atoms with E-state index in [1.165, 1.54) is 0 Å². The predicted molar refractivity (Wildman–Crippen MR) is 105 cm³/mol. The van der Waals surface area contributed by atoms with Crippen LogP contribution in [0.5, 0.6) is 11.5 Å². The Labute approximate surface area is 167 Å². The van der Waals surface area contributed by atoms with Gasteiger partial charge in [0, 0.05) is 12.1 Å². The molecule has 4 amide bonds. The van der Waals surface area contributed by atoms with Crippen LogP contribution < -0.4 is 20.1 Å². The summed E-state index contributed by atoms with van der Waals surface area (Å²) in [6.07, 6.45) is 0.268. The molecule has 150 valence electrons. The Hall–Kier alpha value is -3.55. The van der Waals surface area contributed by atoms with E-state index in [2.05, 4.69) is 10.6 Å². The summed E-state index contributed by atoms with van der Waals surface area (Å²) in [4.78, 5) is 38.6. The molecule has 2 N–H and O–H groups in total. The number of urea groups is 1. The van der Waals surface area contributed by atoms with Gasteiger partial charge in [0.25, 0.3) is 5.91 Å². The Morgan fingerprint density at radius 3 is 2.76 bits per heavy atom. The van der Waals surface area contributed by atoms with E-state index in [1.807, 2.05) is 31.2 Å². The van der Waals surface area contributed by atoms with Gasteiger partial charge in [0.1, 0.15) is 12.1 Å². The average Bonchev–Trinajstić information content (AvgIpc) is 3.20.